The lowest BCUT2D eigenvalue weighted by Crippen LogP contribution is -2.00. The van der Waals surface area contributed by atoms with E-state index in [2.05, 4.69) is 121 Å². The van der Waals surface area contributed by atoms with Crippen LogP contribution in [0.1, 0.15) is 0 Å². The van der Waals surface area contributed by atoms with E-state index in [0.29, 0.717) is 17.5 Å². The summed E-state index contributed by atoms with van der Waals surface area (Å²) >= 11 is 0. The molecule has 0 N–H and O–H groups in total. The summed E-state index contributed by atoms with van der Waals surface area (Å²) in [5.74, 6) is 1.77. The van der Waals surface area contributed by atoms with Gasteiger partial charge in [-0.25, -0.2) is 15.0 Å². The minimum Gasteiger partial charge on any atom is -0.456 e. The van der Waals surface area contributed by atoms with Gasteiger partial charge in [-0.05, 0) is 81.9 Å². The summed E-state index contributed by atoms with van der Waals surface area (Å²) in [7, 11) is 0. The van der Waals surface area contributed by atoms with E-state index < -0.39 is 0 Å². The Morgan fingerprint density at radius 3 is 1.57 bits per heavy atom. The molecule has 0 spiro atoms. The summed E-state index contributed by atoms with van der Waals surface area (Å²) in [5.41, 5.74) is 12.8. The summed E-state index contributed by atoms with van der Waals surface area (Å²) in [6.07, 6.45) is 0. The quantitative estimate of drug-likeness (QED) is 0.171. The van der Waals surface area contributed by atoms with Crippen molar-refractivity contribution in [1.82, 2.24) is 15.0 Å². The molecule has 0 atom stereocenters. The van der Waals surface area contributed by atoms with Gasteiger partial charge in [-0.1, -0.05) is 140 Å². The molecule has 11 rings (SSSR count). The van der Waals surface area contributed by atoms with Crippen molar-refractivity contribution in [3.63, 3.8) is 0 Å². The first-order chi connectivity index (χ1) is 27.7. The van der Waals surface area contributed by atoms with Gasteiger partial charge in [-0.2, -0.15) is 0 Å². The van der Waals surface area contributed by atoms with Crippen molar-refractivity contribution < 1.29 is 8.83 Å². The Hall–Kier alpha value is -7.63. The number of aromatic nitrogens is 3. The molecule has 5 heteroatoms. The van der Waals surface area contributed by atoms with Crippen LogP contribution in [0.4, 0.5) is 0 Å². The second-order valence-electron chi connectivity index (χ2n) is 14.0. The Labute approximate surface area is 322 Å². The molecule has 0 radical (unpaired) electrons. The monoisotopic (exact) mass is 717 g/mol. The number of hydrogen-bond donors (Lipinski definition) is 0. The average Bonchev–Trinajstić information content (AvgIpc) is 3.85. The first-order valence-corrected chi connectivity index (χ1v) is 18.7. The summed E-state index contributed by atoms with van der Waals surface area (Å²) in [4.78, 5) is 15.1. The van der Waals surface area contributed by atoms with Crippen LogP contribution in [0.25, 0.3) is 111 Å². The van der Waals surface area contributed by atoms with Crippen molar-refractivity contribution in [2.75, 3.05) is 0 Å². The zero-order chi connectivity index (χ0) is 37.0. The van der Waals surface area contributed by atoms with Gasteiger partial charge >= 0.3 is 0 Å². The molecule has 3 aromatic heterocycles. The van der Waals surface area contributed by atoms with Gasteiger partial charge in [0.05, 0.1) is 0 Å². The molecule has 5 nitrogen and oxygen atoms in total. The minimum absolute atomic E-state index is 0.577. The summed E-state index contributed by atoms with van der Waals surface area (Å²) in [6, 6.07) is 64.7. The van der Waals surface area contributed by atoms with Gasteiger partial charge in [0.25, 0.3) is 0 Å². The Morgan fingerprint density at radius 1 is 0.268 bits per heavy atom. The molecular formula is C51H31N3O2. The average molecular weight is 718 g/mol. The number of hydrogen-bond acceptors (Lipinski definition) is 5. The van der Waals surface area contributed by atoms with Crippen molar-refractivity contribution in [2.45, 2.75) is 0 Å². The maximum atomic E-state index is 6.45. The van der Waals surface area contributed by atoms with Crippen LogP contribution in [0.5, 0.6) is 0 Å². The summed E-state index contributed by atoms with van der Waals surface area (Å²) < 4.78 is 12.7. The van der Waals surface area contributed by atoms with Gasteiger partial charge in [-0.3, -0.25) is 0 Å². The highest BCUT2D eigenvalue weighted by Gasteiger charge is 2.18. The van der Waals surface area contributed by atoms with Crippen LogP contribution in [-0.2, 0) is 0 Å². The number of rotatable bonds is 6. The standard InChI is InChI=1S/C51H31N3O2/c1-3-12-32(13-4-1)34-16-9-17-35(28-34)36-25-27-45-43(30-36)48-40(21-11-23-46(48)55-45)37-18-10-19-38(29-37)50-52-49(33-14-5-2-6-15-33)53-51(54-50)39-24-26-42-41-20-7-8-22-44(41)56-47(42)31-39/h1-31H. The lowest BCUT2D eigenvalue weighted by molar-refractivity contribution is 0.668. The van der Waals surface area contributed by atoms with E-state index in [4.69, 9.17) is 23.8 Å². The van der Waals surface area contributed by atoms with Crippen LogP contribution >= 0.6 is 0 Å². The lowest BCUT2D eigenvalue weighted by Gasteiger charge is -2.10. The van der Waals surface area contributed by atoms with Gasteiger partial charge in [-0.15, -0.1) is 0 Å². The third-order valence-electron chi connectivity index (χ3n) is 10.5. The van der Waals surface area contributed by atoms with Crippen LogP contribution in [0.3, 0.4) is 0 Å². The highest BCUT2D eigenvalue weighted by atomic mass is 16.3. The second-order valence-corrected chi connectivity index (χ2v) is 14.0. The molecule has 11 aromatic rings. The van der Waals surface area contributed by atoms with E-state index in [9.17, 15) is 0 Å². The molecule has 56 heavy (non-hydrogen) atoms. The third-order valence-corrected chi connectivity index (χ3v) is 10.5. The molecule has 0 bridgehead atoms. The first kappa shape index (κ1) is 31.9. The molecule has 0 fully saturated rings. The number of furan rings is 2. The van der Waals surface area contributed by atoms with Gasteiger partial charge < -0.3 is 8.83 Å². The molecule has 0 saturated heterocycles. The highest BCUT2D eigenvalue weighted by Crippen LogP contribution is 2.40. The van der Waals surface area contributed by atoms with Crippen molar-refractivity contribution in [3.05, 3.63) is 188 Å². The fraction of sp³-hybridized carbons (Fsp3) is 0. The van der Waals surface area contributed by atoms with Crippen LogP contribution in [0.2, 0.25) is 0 Å². The maximum Gasteiger partial charge on any atom is 0.164 e. The number of fused-ring (bicyclic) bond motifs is 6. The van der Waals surface area contributed by atoms with Crippen LogP contribution in [-0.4, -0.2) is 15.0 Å². The molecule has 3 heterocycles. The van der Waals surface area contributed by atoms with Gasteiger partial charge in [0, 0.05) is 38.2 Å². The second kappa shape index (κ2) is 13.0. The lowest BCUT2D eigenvalue weighted by atomic mass is 9.95. The Morgan fingerprint density at radius 2 is 0.768 bits per heavy atom. The Kier molecular flexibility index (Phi) is 7.42. The molecule has 0 aliphatic carbocycles. The molecule has 0 aliphatic rings. The van der Waals surface area contributed by atoms with Crippen molar-refractivity contribution >= 4 is 43.9 Å². The molecule has 0 saturated carbocycles. The largest absolute Gasteiger partial charge is 0.456 e. The fourth-order valence-corrected chi connectivity index (χ4v) is 7.80. The van der Waals surface area contributed by atoms with Crippen LogP contribution < -0.4 is 0 Å². The van der Waals surface area contributed by atoms with Crippen LogP contribution in [0, 0.1) is 0 Å². The molecule has 0 aliphatic heterocycles. The van der Waals surface area contributed by atoms with E-state index >= 15 is 0 Å². The number of nitrogens with zero attached hydrogens (tertiary/aromatic N) is 3. The molecule has 8 aromatic carbocycles. The predicted molar refractivity (Wildman–Crippen MR) is 227 cm³/mol. The Balaban J connectivity index is 1.03. The van der Waals surface area contributed by atoms with E-state index in [-0.39, 0.29) is 0 Å². The molecular weight excluding hydrogens is 687 g/mol. The third kappa shape index (κ3) is 5.53. The SMILES string of the molecule is c1ccc(-c2cccc(-c3ccc4oc5cccc(-c6cccc(-c7nc(-c8ccccc8)nc(-c8ccc9c(c8)oc8ccccc89)n7)c6)c5c4c3)c2)cc1. The maximum absolute atomic E-state index is 6.45. The van der Waals surface area contributed by atoms with E-state index in [1.165, 1.54) is 11.1 Å². The summed E-state index contributed by atoms with van der Waals surface area (Å²) in [6.45, 7) is 0. The zero-order valence-corrected chi connectivity index (χ0v) is 30.1. The van der Waals surface area contributed by atoms with E-state index in [0.717, 1.165) is 82.8 Å². The zero-order valence-electron chi connectivity index (χ0n) is 30.1. The normalized spacial score (nSPS) is 11.6. The fourth-order valence-electron chi connectivity index (χ4n) is 7.80. The Bertz CT molecular complexity index is 3250. The number of benzene rings is 8. The number of para-hydroxylation sites is 1. The van der Waals surface area contributed by atoms with E-state index in [1.807, 2.05) is 66.7 Å². The topological polar surface area (TPSA) is 65.0 Å². The smallest absolute Gasteiger partial charge is 0.164 e. The summed E-state index contributed by atoms with van der Waals surface area (Å²) in [5, 5.41) is 4.28. The van der Waals surface area contributed by atoms with Gasteiger partial charge in [0.2, 0.25) is 0 Å². The molecule has 0 unspecified atom stereocenters. The van der Waals surface area contributed by atoms with Gasteiger partial charge in [0.15, 0.2) is 17.5 Å². The highest BCUT2D eigenvalue weighted by molar-refractivity contribution is 6.13. The van der Waals surface area contributed by atoms with E-state index in [1.54, 1.807) is 0 Å². The first-order valence-electron chi connectivity index (χ1n) is 18.7. The minimum atomic E-state index is 0.577. The van der Waals surface area contributed by atoms with Crippen molar-refractivity contribution in [1.29, 1.82) is 0 Å². The van der Waals surface area contributed by atoms with Crippen molar-refractivity contribution in [3.8, 4) is 67.5 Å². The van der Waals surface area contributed by atoms with Gasteiger partial charge in [0.1, 0.15) is 22.3 Å². The van der Waals surface area contributed by atoms with Crippen LogP contribution in [0.15, 0.2) is 197 Å². The van der Waals surface area contributed by atoms with Crippen molar-refractivity contribution in [2.24, 2.45) is 0 Å². The molecule has 262 valence electrons. The predicted octanol–water partition coefficient (Wildman–Crippen LogP) is 13.7. The molecule has 0 amide bonds.